The Morgan fingerprint density at radius 3 is 2.69 bits per heavy atom. The number of hydrogen-bond donors (Lipinski definition) is 1. The third-order valence-corrected chi connectivity index (χ3v) is 5.98. The SMILES string of the molecule is CNCc1cc(N(C)C)cc2c1CN(c1cccc(N3C(=O)OC[C@@H]3I)n1)C2=O. The zero-order valence-electron chi connectivity index (χ0n) is 16.5. The van der Waals surface area contributed by atoms with Crippen molar-refractivity contribution < 1.29 is 14.3 Å². The minimum Gasteiger partial charge on any atom is -0.446 e. The van der Waals surface area contributed by atoms with E-state index in [0.717, 1.165) is 16.8 Å². The number of rotatable bonds is 5. The molecule has 0 radical (unpaired) electrons. The molecule has 2 amide bonds. The molecule has 1 saturated heterocycles. The van der Waals surface area contributed by atoms with Gasteiger partial charge < -0.3 is 15.0 Å². The summed E-state index contributed by atoms with van der Waals surface area (Å²) in [6.45, 7) is 1.45. The Labute approximate surface area is 183 Å². The number of aromatic nitrogens is 1. The van der Waals surface area contributed by atoms with Gasteiger partial charge in [-0.25, -0.2) is 14.7 Å². The number of carbonyl (C=O) groups is 2. The molecule has 2 aliphatic heterocycles. The topological polar surface area (TPSA) is 78.0 Å². The van der Waals surface area contributed by atoms with Gasteiger partial charge in [-0.3, -0.25) is 9.69 Å². The van der Waals surface area contributed by atoms with Crippen LogP contribution in [0.25, 0.3) is 0 Å². The third-order valence-electron chi connectivity index (χ3n) is 5.07. The number of carbonyl (C=O) groups excluding carboxylic acids is 2. The number of fused-ring (bicyclic) bond motifs is 1. The summed E-state index contributed by atoms with van der Waals surface area (Å²) in [5.74, 6) is 0.923. The molecule has 1 fully saturated rings. The lowest BCUT2D eigenvalue weighted by molar-refractivity contribution is 0.0996. The van der Waals surface area contributed by atoms with Crippen LogP contribution in [0.5, 0.6) is 0 Å². The van der Waals surface area contributed by atoms with Gasteiger partial charge in [0.25, 0.3) is 5.91 Å². The van der Waals surface area contributed by atoms with Gasteiger partial charge in [0.2, 0.25) is 0 Å². The van der Waals surface area contributed by atoms with Crippen LogP contribution in [0.4, 0.5) is 22.1 Å². The van der Waals surface area contributed by atoms with Crippen molar-refractivity contribution in [3.63, 3.8) is 0 Å². The lowest BCUT2D eigenvalue weighted by Crippen LogP contribution is -2.31. The van der Waals surface area contributed by atoms with E-state index in [2.05, 4.69) is 39.0 Å². The first-order chi connectivity index (χ1) is 13.9. The second-order valence-corrected chi connectivity index (χ2v) is 8.62. The molecule has 0 unspecified atom stereocenters. The zero-order valence-corrected chi connectivity index (χ0v) is 18.6. The molecule has 1 N–H and O–H groups in total. The first-order valence-corrected chi connectivity index (χ1v) is 10.5. The molecule has 29 heavy (non-hydrogen) atoms. The van der Waals surface area contributed by atoms with Gasteiger partial charge in [0.05, 0.1) is 6.54 Å². The average molecular weight is 507 g/mol. The molecule has 0 spiro atoms. The van der Waals surface area contributed by atoms with Crippen LogP contribution in [0.2, 0.25) is 0 Å². The number of ether oxygens (including phenoxy) is 1. The molecule has 3 heterocycles. The van der Waals surface area contributed by atoms with Crippen LogP contribution in [0, 0.1) is 0 Å². The van der Waals surface area contributed by atoms with Crippen molar-refractivity contribution in [2.45, 2.75) is 17.1 Å². The van der Waals surface area contributed by atoms with E-state index in [0.29, 0.717) is 36.9 Å². The monoisotopic (exact) mass is 507 g/mol. The number of anilines is 3. The highest BCUT2D eigenvalue weighted by atomic mass is 127. The average Bonchev–Trinajstić information content (AvgIpc) is 3.21. The lowest BCUT2D eigenvalue weighted by Gasteiger charge is -2.19. The molecule has 2 aromatic rings. The fourth-order valence-corrected chi connectivity index (χ4v) is 4.28. The zero-order chi connectivity index (χ0) is 20.7. The summed E-state index contributed by atoms with van der Waals surface area (Å²) in [7, 11) is 5.81. The largest absolute Gasteiger partial charge is 0.446 e. The van der Waals surface area contributed by atoms with Crippen LogP contribution >= 0.6 is 22.6 Å². The number of alkyl halides is 1. The Bertz CT molecular complexity index is 981. The van der Waals surface area contributed by atoms with Gasteiger partial charge in [0.1, 0.15) is 22.3 Å². The summed E-state index contributed by atoms with van der Waals surface area (Å²) in [4.78, 5) is 35.0. The van der Waals surface area contributed by atoms with Crippen LogP contribution < -0.4 is 20.0 Å². The third kappa shape index (κ3) is 3.52. The van der Waals surface area contributed by atoms with E-state index in [-0.39, 0.29) is 9.96 Å². The van der Waals surface area contributed by atoms with E-state index in [1.165, 1.54) is 4.90 Å². The first-order valence-electron chi connectivity index (χ1n) is 9.27. The molecule has 1 aromatic heterocycles. The van der Waals surface area contributed by atoms with Gasteiger partial charge >= 0.3 is 6.09 Å². The van der Waals surface area contributed by atoms with E-state index in [9.17, 15) is 9.59 Å². The van der Waals surface area contributed by atoms with Crippen molar-refractivity contribution in [3.05, 3.63) is 47.0 Å². The summed E-state index contributed by atoms with van der Waals surface area (Å²) in [6.07, 6.45) is -0.419. The van der Waals surface area contributed by atoms with Crippen LogP contribution in [0.1, 0.15) is 21.5 Å². The minimum atomic E-state index is -0.419. The minimum absolute atomic E-state index is 0.0827. The summed E-state index contributed by atoms with van der Waals surface area (Å²) >= 11 is 2.15. The number of amides is 2. The number of halogens is 1. The van der Waals surface area contributed by atoms with Crippen molar-refractivity contribution in [2.75, 3.05) is 42.4 Å². The van der Waals surface area contributed by atoms with Crippen molar-refractivity contribution in [2.24, 2.45) is 0 Å². The molecule has 1 aromatic carbocycles. The normalized spacial score (nSPS) is 18.3. The maximum atomic E-state index is 13.2. The molecule has 0 bridgehead atoms. The van der Waals surface area contributed by atoms with Crippen LogP contribution in [0.15, 0.2) is 30.3 Å². The smallest absolute Gasteiger partial charge is 0.416 e. The lowest BCUT2D eigenvalue weighted by atomic mass is 10.0. The first kappa shape index (κ1) is 19.9. The van der Waals surface area contributed by atoms with Gasteiger partial charge in [-0.2, -0.15) is 0 Å². The van der Waals surface area contributed by atoms with Crippen LogP contribution in [0.3, 0.4) is 0 Å². The van der Waals surface area contributed by atoms with Gasteiger partial charge in [-0.05, 0) is 42.4 Å². The standard InChI is InChI=1S/C20H22IN5O3/c1-22-9-12-7-13(24(2)3)8-14-15(12)10-25(19(14)27)17-5-4-6-18(23-17)26-16(21)11-29-20(26)28/h4-8,16,22H,9-11H2,1-3H3/t16-/m1/s1. The van der Waals surface area contributed by atoms with E-state index in [1.54, 1.807) is 17.0 Å². The van der Waals surface area contributed by atoms with E-state index in [1.807, 2.05) is 38.2 Å². The number of nitrogens with one attached hydrogen (secondary N) is 1. The Morgan fingerprint density at radius 2 is 2.03 bits per heavy atom. The Hall–Kier alpha value is -2.40. The number of cyclic esters (lactones) is 1. The fraction of sp³-hybridized carbons (Fsp3) is 0.350. The maximum Gasteiger partial charge on any atom is 0.416 e. The quantitative estimate of drug-likeness (QED) is 0.381. The highest BCUT2D eigenvalue weighted by Gasteiger charge is 2.35. The molecular weight excluding hydrogens is 485 g/mol. The van der Waals surface area contributed by atoms with Gasteiger partial charge in [-0.15, -0.1) is 0 Å². The number of pyridine rings is 1. The molecule has 8 nitrogen and oxygen atoms in total. The summed E-state index contributed by atoms with van der Waals surface area (Å²) in [5.41, 5.74) is 3.78. The maximum absolute atomic E-state index is 13.2. The summed E-state index contributed by atoms with van der Waals surface area (Å²) < 4.78 is 4.97. The molecular formula is C20H22IN5O3. The molecule has 0 saturated carbocycles. The van der Waals surface area contributed by atoms with Crippen LogP contribution in [-0.2, 0) is 17.8 Å². The Kier molecular flexibility index (Phi) is 5.34. The van der Waals surface area contributed by atoms with Gasteiger partial charge in [0.15, 0.2) is 0 Å². The van der Waals surface area contributed by atoms with Crippen molar-refractivity contribution in [3.8, 4) is 0 Å². The molecule has 4 rings (SSSR count). The van der Waals surface area contributed by atoms with Crippen LogP contribution in [-0.4, -0.2) is 48.8 Å². The second kappa shape index (κ2) is 7.79. The number of benzene rings is 1. The highest BCUT2D eigenvalue weighted by Crippen LogP contribution is 2.34. The fourth-order valence-electron chi connectivity index (χ4n) is 3.59. The Balaban J connectivity index is 1.70. The predicted octanol–water partition coefficient (Wildman–Crippen LogP) is 2.75. The second-order valence-electron chi connectivity index (χ2n) is 7.18. The van der Waals surface area contributed by atoms with Crippen molar-refractivity contribution >= 4 is 51.9 Å². The molecule has 0 aliphatic carbocycles. The highest BCUT2D eigenvalue weighted by molar-refractivity contribution is 14.1. The summed E-state index contributed by atoms with van der Waals surface area (Å²) in [6, 6.07) is 9.40. The van der Waals surface area contributed by atoms with Crippen molar-refractivity contribution in [1.29, 1.82) is 0 Å². The molecule has 2 aliphatic rings. The van der Waals surface area contributed by atoms with Gasteiger partial charge in [0, 0.05) is 31.9 Å². The van der Waals surface area contributed by atoms with E-state index in [4.69, 9.17) is 4.74 Å². The molecule has 9 heteroatoms. The predicted molar refractivity (Wildman–Crippen MR) is 120 cm³/mol. The van der Waals surface area contributed by atoms with Crippen molar-refractivity contribution in [1.82, 2.24) is 10.3 Å². The molecule has 152 valence electrons. The number of nitrogens with zero attached hydrogens (tertiary/aromatic N) is 4. The summed E-state index contributed by atoms with van der Waals surface area (Å²) in [5, 5.41) is 3.18. The number of hydrogen-bond acceptors (Lipinski definition) is 6. The Morgan fingerprint density at radius 1 is 1.28 bits per heavy atom. The molecule has 1 atom stereocenters. The van der Waals surface area contributed by atoms with E-state index >= 15 is 0 Å². The van der Waals surface area contributed by atoms with E-state index < -0.39 is 6.09 Å². The van der Waals surface area contributed by atoms with Gasteiger partial charge in [-0.1, -0.05) is 28.7 Å².